The van der Waals surface area contributed by atoms with Crippen LogP contribution < -0.4 is 5.32 Å². The second-order valence-corrected chi connectivity index (χ2v) is 7.86. The minimum atomic E-state index is -0.404. The summed E-state index contributed by atoms with van der Waals surface area (Å²) in [5.74, 6) is 0.820. The van der Waals surface area contributed by atoms with Gasteiger partial charge in [0, 0.05) is 31.4 Å². The molecule has 0 aliphatic carbocycles. The molecule has 26 heavy (non-hydrogen) atoms. The van der Waals surface area contributed by atoms with Crippen LogP contribution in [0.25, 0.3) is 0 Å². The van der Waals surface area contributed by atoms with E-state index in [0.29, 0.717) is 35.1 Å². The van der Waals surface area contributed by atoms with Gasteiger partial charge in [-0.25, -0.2) is 4.79 Å². The molecule has 0 saturated carbocycles. The van der Waals surface area contributed by atoms with E-state index in [9.17, 15) is 9.59 Å². The summed E-state index contributed by atoms with van der Waals surface area (Å²) in [7, 11) is 1.36. The number of carbonyl (C=O) groups is 2. The van der Waals surface area contributed by atoms with Crippen LogP contribution in [0.15, 0.2) is 0 Å². The Kier molecular flexibility index (Phi) is 6.87. The zero-order valence-corrected chi connectivity index (χ0v) is 16.9. The Morgan fingerprint density at radius 3 is 2.46 bits per heavy atom. The fourth-order valence-electron chi connectivity index (χ4n) is 4.20. The van der Waals surface area contributed by atoms with Gasteiger partial charge in [0.05, 0.1) is 12.7 Å². The maximum atomic E-state index is 12.7. The lowest BCUT2D eigenvalue weighted by Gasteiger charge is -2.36. The van der Waals surface area contributed by atoms with Crippen molar-refractivity contribution in [2.24, 2.45) is 11.8 Å². The van der Waals surface area contributed by atoms with Gasteiger partial charge in [-0.3, -0.25) is 4.79 Å². The summed E-state index contributed by atoms with van der Waals surface area (Å²) >= 11 is 0. The first-order chi connectivity index (χ1) is 12.3. The number of H-pyrrole nitrogens is 1. The molecule has 0 radical (unpaired) electrons. The van der Waals surface area contributed by atoms with Crippen LogP contribution in [-0.2, 0) is 11.2 Å². The number of rotatable bonds is 6. The van der Waals surface area contributed by atoms with Crippen LogP contribution in [0.4, 0.5) is 0 Å². The molecule has 0 bridgehead atoms. The van der Waals surface area contributed by atoms with E-state index < -0.39 is 5.97 Å². The minimum Gasteiger partial charge on any atom is -0.465 e. The normalized spacial score (nSPS) is 22.1. The molecule has 0 spiro atoms. The lowest BCUT2D eigenvalue weighted by atomic mass is 9.92. The van der Waals surface area contributed by atoms with Crippen LogP contribution in [0.5, 0.6) is 0 Å². The highest BCUT2D eigenvalue weighted by molar-refractivity contribution is 6.00. The van der Waals surface area contributed by atoms with Gasteiger partial charge in [0.25, 0.3) is 5.91 Å². The van der Waals surface area contributed by atoms with Crippen LogP contribution in [0.1, 0.15) is 66.2 Å². The molecule has 2 N–H and O–H groups in total. The minimum absolute atomic E-state index is 0.0364. The fraction of sp³-hybridized carbons (Fsp3) is 0.700. The summed E-state index contributed by atoms with van der Waals surface area (Å²) in [6.07, 6.45) is 1.91. The molecule has 146 valence electrons. The highest BCUT2D eigenvalue weighted by Crippen LogP contribution is 2.22. The van der Waals surface area contributed by atoms with Crippen molar-refractivity contribution in [3.8, 4) is 0 Å². The van der Waals surface area contributed by atoms with Crippen LogP contribution >= 0.6 is 0 Å². The molecule has 1 fully saturated rings. The molecule has 0 aromatic carbocycles. The zero-order valence-electron chi connectivity index (χ0n) is 16.9. The summed E-state index contributed by atoms with van der Waals surface area (Å²) in [4.78, 5) is 30.3. The van der Waals surface area contributed by atoms with Gasteiger partial charge in [-0.15, -0.1) is 0 Å². The van der Waals surface area contributed by atoms with Crippen molar-refractivity contribution in [2.75, 3.05) is 26.7 Å². The predicted octanol–water partition coefficient (Wildman–Crippen LogP) is 2.77. The first kappa shape index (κ1) is 20.5. The SMILES string of the molecule is CCc1[nH]c(C(=O)N[C@H](C)CN2C[C@H](C)C[C@H](C)C2)c(C)c1C(=O)OC. The third-order valence-corrected chi connectivity index (χ3v) is 5.15. The molecule has 1 aliphatic heterocycles. The third kappa shape index (κ3) is 4.67. The van der Waals surface area contributed by atoms with Crippen molar-refractivity contribution in [1.82, 2.24) is 15.2 Å². The molecule has 6 nitrogen and oxygen atoms in total. The van der Waals surface area contributed by atoms with Crippen LogP contribution in [0, 0.1) is 18.8 Å². The van der Waals surface area contributed by atoms with Gasteiger partial charge < -0.3 is 19.9 Å². The lowest BCUT2D eigenvalue weighted by Crippen LogP contribution is -2.47. The highest BCUT2D eigenvalue weighted by Gasteiger charge is 2.26. The molecule has 1 aromatic heterocycles. The van der Waals surface area contributed by atoms with E-state index in [-0.39, 0.29) is 11.9 Å². The van der Waals surface area contributed by atoms with Crippen LogP contribution in [-0.4, -0.2) is 54.5 Å². The van der Waals surface area contributed by atoms with Gasteiger partial charge in [-0.2, -0.15) is 0 Å². The Hall–Kier alpha value is -1.82. The number of nitrogens with zero attached hydrogens (tertiary/aromatic N) is 1. The van der Waals surface area contributed by atoms with E-state index in [1.54, 1.807) is 6.92 Å². The first-order valence-corrected chi connectivity index (χ1v) is 9.59. The number of nitrogens with one attached hydrogen (secondary N) is 2. The van der Waals surface area contributed by atoms with E-state index in [1.165, 1.54) is 13.5 Å². The quantitative estimate of drug-likeness (QED) is 0.762. The summed E-state index contributed by atoms with van der Waals surface area (Å²) in [5.41, 5.74) is 2.32. The Morgan fingerprint density at radius 1 is 1.31 bits per heavy atom. The monoisotopic (exact) mass is 363 g/mol. The Labute approximate surface area is 156 Å². The van der Waals surface area contributed by atoms with E-state index in [2.05, 4.69) is 29.0 Å². The van der Waals surface area contributed by atoms with E-state index in [1.807, 2.05) is 13.8 Å². The number of esters is 1. The molecule has 0 unspecified atom stereocenters. The van der Waals surface area contributed by atoms with Crippen molar-refractivity contribution in [3.63, 3.8) is 0 Å². The van der Waals surface area contributed by atoms with E-state index in [0.717, 1.165) is 25.3 Å². The van der Waals surface area contributed by atoms with E-state index >= 15 is 0 Å². The van der Waals surface area contributed by atoms with Crippen molar-refractivity contribution in [3.05, 3.63) is 22.5 Å². The lowest BCUT2D eigenvalue weighted by molar-refractivity contribution is 0.0599. The van der Waals surface area contributed by atoms with Crippen molar-refractivity contribution >= 4 is 11.9 Å². The molecule has 2 rings (SSSR count). The van der Waals surface area contributed by atoms with Gasteiger partial charge in [0.2, 0.25) is 0 Å². The van der Waals surface area contributed by atoms with Gasteiger partial charge in [0.1, 0.15) is 5.69 Å². The molecule has 3 atom stereocenters. The summed E-state index contributed by atoms with van der Waals surface area (Å²) in [6, 6.07) is 0.0364. The summed E-state index contributed by atoms with van der Waals surface area (Å²) in [6.45, 7) is 13.3. The highest BCUT2D eigenvalue weighted by atomic mass is 16.5. The largest absolute Gasteiger partial charge is 0.465 e. The maximum absolute atomic E-state index is 12.7. The Bertz CT molecular complexity index is 643. The topological polar surface area (TPSA) is 74.4 Å². The number of aromatic nitrogens is 1. The maximum Gasteiger partial charge on any atom is 0.339 e. The molecule has 2 heterocycles. The van der Waals surface area contributed by atoms with Crippen LogP contribution in [0.3, 0.4) is 0 Å². The molecule has 1 amide bonds. The number of aromatic amines is 1. The Morgan fingerprint density at radius 2 is 1.92 bits per heavy atom. The molecule has 1 aliphatic rings. The number of ether oxygens (including phenoxy) is 1. The molecule has 6 heteroatoms. The van der Waals surface area contributed by atoms with Gasteiger partial charge in [0.15, 0.2) is 0 Å². The second kappa shape index (κ2) is 8.71. The number of piperidine rings is 1. The van der Waals surface area contributed by atoms with E-state index in [4.69, 9.17) is 4.74 Å². The number of likely N-dealkylation sites (tertiary alicyclic amines) is 1. The molecule has 1 saturated heterocycles. The zero-order chi connectivity index (χ0) is 19.4. The van der Waals surface area contributed by atoms with Crippen molar-refractivity contribution in [2.45, 2.75) is 53.5 Å². The van der Waals surface area contributed by atoms with Gasteiger partial charge >= 0.3 is 5.97 Å². The van der Waals surface area contributed by atoms with Crippen molar-refractivity contribution < 1.29 is 14.3 Å². The molecular formula is C20H33N3O3. The predicted molar refractivity (Wildman–Crippen MR) is 103 cm³/mol. The second-order valence-electron chi connectivity index (χ2n) is 7.86. The number of methoxy groups -OCH3 is 1. The first-order valence-electron chi connectivity index (χ1n) is 9.59. The number of aryl methyl sites for hydroxylation is 1. The average Bonchev–Trinajstić information content (AvgIpc) is 2.89. The smallest absolute Gasteiger partial charge is 0.339 e. The fourth-order valence-corrected chi connectivity index (χ4v) is 4.20. The summed E-state index contributed by atoms with van der Waals surface area (Å²) in [5, 5.41) is 3.07. The molecule has 1 aromatic rings. The van der Waals surface area contributed by atoms with Gasteiger partial charge in [-0.1, -0.05) is 20.8 Å². The van der Waals surface area contributed by atoms with Gasteiger partial charge in [-0.05, 0) is 44.1 Å². The summed E-state index contributed by atoms with van der Waals surface area (Å²) < 4.78 is 4.86. The number of hydrogen-bond donors (Lipinski definition) is 2. The standard InChI is InChI=1S/C20H33N3O3/c1-7-16-17(20(25)26-6)15(5)18(22-16)19(24)21-14(4)11-23-9-12(2)8-13(3)10-23/h12-14,22H,7-11H2,1-6H3,(H,21,24)/t12-,13+,14-/m1/s1. The number of hydrogen-bond acceptors (Lipinski definition) is 4. The van der Waals surface area contributed by atoms with Crippen LogP contribution in [0.2, 0.25) is 0 Å². The number of amides is 1. The average molecular weight is 364 g/mol. The van der Waals surface area contributed by atoms with Crippen molar-refractivity contribution in [1.29, 1.82) is 0 Å². The third-order valence-electron chi connectivity index (χ3n) is 5.15. The molecular weight excluding hydrogens is 330 g/mol. The number of carbonyl (C=O) groups excluding carboxylic acids is 2. The Balaban J connectivity index is 2.05.